The van der Waals surface area contributed by atoms with Crippen molar-refractivity contribution >= 4 is 28.4 Å². The molecule has 2 aromatic heterocycles. The third-order valence-corrected chi connectivity index (χ3v) is 7.35. The van der Waals surface area contributed by atoms with Gasteiger partial charge in [0.05, 0.1) is 28.4 Å². The molecule has 1 atom stereocenters. The molecule has 0 aliphatic carbocycles. The quantitative estimate of drug-likeness (QED) is 0.557. The number of carbonyl (C=O) groups excluding carboxylic acids is 1. The third-order valence-electron chi connectivity index (χ3n) is 7.35. The Balaban J connectivity index is 1.44. The van der Waals surface area contributed by atoms with Gasteiger partial charge < -0.3 is 15.1 Å². The monoisotopic (exact) mass is 498 g/mol. The summed E-state index contributed by atoms with van der Waals surface area (Å²) in [5.41, 5.74) is 2.63. The molecule has 1 aromatic carbocycles. The van der Waals surface area contributed by atoms with Crippen molar-refractivity contribution in [1.82, 2.24) is 19.9 Å². The predicted octanol–water partition coefficient (Wildman–Crippen LogP) is 4.81. The molecule has 190 valence electrons. The molecule has 1 N–H and O–H groups in total. The van der Waals surface area contributed by atoms with Crippen LogP contribution in [-0.2, 0) is 11.0 Å². The highest BCUT2D eigenvalue weighted by Gasteiger charge is 2.52. The summed E-state index contributed by atoms with van der Waals surface area (Å²) in [6, 6.07) is 5.83. The van der Waals surface area contributed by atoms with Crippen LogP contribution in [0.25, 0.3) is 11.0 Å². The van der Waals surface area contributed by atoms with E-state index >= 15 is 0 Å². The van der Waals surface area contributed by atoms with E-state index in [1.54, 1.807) is 19.9 Å². The van der Waals surface area contributed by atoms with E-state index in [1.807, 2.05) is 24.8 Å². The average Bonchev–Trinajstić information content (AvgIpc) is 2.71. The zero-order valence-electron chi connectivity index (χ0n) is 21.0. The first-order chi connectivity index (χ1) is 16.9. The van der Waals surface area contributed by atoms with Gasteiger partial charge in [-0.3, -0.25) is 4.79 Å². The summed E-state index contributed by atoms with van der Waals surface area (Å²) in [5.74, 6) is 1.17. The number of fused-ring (bicyclic) bond motifs is 1. The fraction of sp³-hybridized carbons (Fsp3) is 0.462. The van der Waals surface area contributed by atoms with Gasteiger partial charge in [-0.1, -0.05) is 12.1 Å². The number of halogens is 3. The van der Waals surface area contributed by atoms with E-state index < -0.39 is 17.8 Å². The molecule has 0 bridgehead atoms. The number of likely N-dealkylation sites (tertiary alicyclic amines) is 1. The number of nitrogens with zero attached hydrogens (tertiary/aromatic N) is 5. The number of carbonyl (C=O) groups is 1. The summed E-state index contributed by atoms with van der Waals surface area (Å²) in [5, 5.41) is 4.04. The van der Waals surface area contributed by atoms with Crippen LogP contribution in [0.15, 0.2) is 24.3 Å². The average molecular weight is 499 g/mol. The van der Waals surface area contributed by atoms with E-state index in [0.717, 1.165) is 49.0 Å². The number of alkyl halides is 3. The highest BCUT2D eigenvalue weighted by atomic mass is 19.4. The molecule has 0 unspecified atom stereocenters. The van der Waals surface area contributed by atoms with Crippen LogP contribution in [0.1, 0.15) is 48.1 Å². The van der Waals surface area contributed by atoms with E-state index in [2.05, 4.69) is 20.2 Å². The highest BCUT2D eigenvalue weighted by molar-refractivity contribution is 5.90. The van der Waals surface area contributed by atoms with Crippen LogP contribution in [0.2, 0.25) is 0 Å². The van der Waals surface area contributed by atoms with E-state index in [9.17, 15) is 18.0 Å². The number of nitrogens with one attached hydrogen (secondary N) is 1. The van der Waals surface area contributed by atoms with Gasteiger partial charge in [-0.05, 0) is 51.0 Å². The van der Waals surface area contributed by atoms with Crippen molar-refractivity contribution in [3.05, 3.63) is 52.5 Å². The number of anilines is 2. The first kappa shape index (κ1) is 24.3. The Kier molecular flexibility index (Phi) is 5.61. The fourth-order valence-electron chi connectivity index (χ4n) is 5.50. The van der Waals surface area contributed by atoms with Crippen LogP contribution in [-0.4, -0.2) is 51.9 Å². The van der Waals surface area contributed by atoms with Crippen LogP contribution in [0.5, 0.6) is 0 Å². The van der Waals surface area contributed by atoms with Crippen molar-refractivity contribution < 1.29 is 18.0 Å². The van der Waals surface area contributed by atoms with Crippen molar-refractivity contribution in [2.24, 2.45) is 5.41 Å². The number of benzene rings is 1. The van der Waals surface area contributed by atoms with E-state index in [4.69, 9.17) is 4.98 Å². The van der Waals surface area contributed by atoms with E-state index in [1.165, 1.54) is 13.0 Å². The first-order valence-electron chi connectivity index (χ1n) is 12.0. The lowest BCUT2D eigenvalue weighted by molar-refractivity contribution is -0.142. The van der Waals surface area contributed by atoms with Crippen molar-refractivity contribution in [2.45, 2.75) is 46.8 Å². The van der Waals surface area contributed by atoms with Gasteiger partial charge in [0.15, 0.2) is 5.65 Å². The van der Waals surface area contributed by atoms with Crippen molar-refractivity contribution in [3.63, 3.8) is 0 Å². The lowest BCUT2D eigenvalue weighted by atomic mass is 9.72. The maximum Gasteiger partial charge on any atom is 0.416 e. The summed E-state index contributed by atoms with van der Waals surface area (Å²) >= 11 is 0. The summed E-state index contributed by atoms with van der Waals surface area (Å²) < 4.78 is 40.3. The molecule has 5 rings (SSSR count). The summed E-state index contributed by atoms with van der Waals surface area (Å²) in [4.78, 5) is 29.5. The lowest BCUT2D eigenvalue weighted by Gasteiger charge is -2.60. The van der Waals surface area contributed by atoms with Crippen LogP contribution in [0.4, 0.5) is 24.7 Å². The Morgan fingerprint density at radius 3 is 2.42 bits per heavy atom. The number of hydrogen-bond acceptors (Lipinski definition) is 6. The minimum atomic E-state index is -4.41. The van der Waals surface area contributed by atoms with Gasteiger partial charge in [-0.25, -0.2) is 15.0 Å². The Labute approximate surface area is 207 Å². The zero-order chi connectivity index (χ0) is 26.0. The van der Waals surface area contributed by atoms with Crippen LogP contribution >= 0.6 is 0 Å². The SMILES string of the molecule is CC(=O)N1CC2(C1)CN(c1cc3c(N[C@H](C)c4cccc(C(F)(F)F)c4C)nc(C)nc3nc1C)C2. The van der Waals surface area contributed by atoms with E-state index in [0.29, 0.717) is 22.9 Å². The van der Waals surface area contributed by atoms with E-state index in [-0.39, 0.29) is 16.9 Å². The second kappa shape index (κ2) is 8.31. The van der Waals surface area contributed by atoms with Crippen molar-refractivity contribution in [3.8, 4) is 0 Å². The van der Waals surface area contributed by atoms with Crippen LogP contribution in [0, 0.1) is 26.2 Å². The number of aromatic nitrogens is 3. The number of rotatable bonds is 4. The van der Waals surface area contributed by atoms with Gasteiger partial charge in [0.1, 0.15) is 11.6 Å². The smallest absolute Gasteiger partial charge is 0.369 e. The molecule has 1 amide bonds. The summed E-state index contributed by atoms with van der Waals surface area (Å²) in [6.45, 7) is 11.9. The Bertz CT molecular complexity index is 1360. The minimum Gasteiger partial charge on any atom is -0.369 e. The Morgan fingerprint density at radius 1 is 1.08 bits per heavy atom. The third kappa shape index (κ3) is 4.12. The minimum absolute atomic E-state index is 0.107. The molecule has 2 aliphatic rings. The maximum absolute atomic E-state index is 13.4. The Morgan fingerprint density at radius 2 is 1.78 bits per heavy atom. The fourth-order valence-corrected chi connectivity index (χ4v) is 5.50. The summed E-state index contributed by atoms with van der Waals surface area (Å²) in [7, 11) is 0. The van der Waals surface area contributed by atoms with Gasteiger partial charge in [0.2, 0.25) is 5.91 Å². The second-order valence-electron chi connectivity index (χ2n) is 10.2. The molecule has 0 saturated carbocycles. The van der Waals surface area contributed by atoms with Gasteiger partial charge in [0.25, 0.3) is 0 Å². The van der Waals surface area contributed by atoms with Crippen molar-refractivity contribution in [2.75, 3.05) is 36.4 Å². The molecule has 2 saturated heterocycles. The number of hydrogen-bond donors (Lipinski definition) is 1. The topological polar surface area (TPSA) is 74.2 Å². The number of amides is 1. The zero-order valence-corrected chi connectivity index (χ0v) is 21.0. The molecule has 36 heavy (non-hydrogen) atoms. The van der Waals surface area contributed by atoms with Gasteiger partial charge in [-0.2, -0.15) is 13.2 Å². The van der Waals surface area contributed by atoms with Crippen molar-refractivity contribution in [1.29, 1.82) is 0 Å². The highest BCUT2D eigenvalue weighted by Crippen LogP contribution is 2.43. The number of aryl methyl sites for hydroxylation is 2. The van der Waals surface area contributed by atoms with Gasteiger partial charge in [0, 0.05) is 38.5 Å². The molecule has 2 fully saturated rings. The van der Waals surface area contributed by atoms with Crippen LogP contribution < -0.4 is 10.2 Å². The first-order valence-corrected chi connectivity index (χ1v) is 12.0. The van der Waals surface area contributed by atoms with Crippen LogP contribution in [0.3, 0.4) is 0 Å². The predicted molar refractivity (Wildman–Crippen MR) is 132 cm³/mol. The van der Waals surface area contributed by atoms with Gasteiger partial charge in [-0.15, -0.1) is 0 Å². The summed E-state index contributed by atoms with van der Waals surface area (Å²) in [6.07, 6.45) is -4.41. The molecular weight excluding hydrogens is 469 g/mol. The molecule has 2 aliphatic heterocycles. The molecule has 1 spiro atoms. The maximum atomic E-state index is 13.4. The molecule has 7 nitrogen and oxygen atoms in total. The molecule has 10 heteroatoms. The number of pyridine rings is 1. The lowest BCUT2D eigenvalue weighted by Crippen LogP contribution is -2.73. The second-order valence-corrected chi connectivity index (χ2v) is 10.2. The molecule has 3 aromatic rings. The largest absolute Gasteiger partial charge is 0.416 e. The Hall–Kier alpha value is -3.43. The van der Waals surface area contributed by atoms with Gasteiger partial charge >= 0.3 is 6.18 Å². The molecular formula is C26H29F3N6O. The molecule has 0 radical (unpaired) electrons. The standard InChI is InChI=1S/C26H29F3N6O/c1-14-19(7-6-8-21(14)26(27,28)29)15(2)30-23-20-9-22(16(3)31-24(20)33-17(4)32-23)35-12-25(13-35)10-34(11-25)18(5)36/h6-9,15H,10-13H2,1-5H3,(H,30,31,32,33)/t15-/m1/s1. The molecule has 4 heterocycles. The normalized spacial score (nSPS) is 17.7.